The van der Waals surface area contributed by atoms with E-state index in [1.165, 1.54) is 0 Å². The number of nitrogens with zero attached hydrogens (tertiary/aromatic N) is 2. The smallest absolute Gasteiger partial charge is 0.0429 e. The summed E-state index contributed by atoms with van der Waals surface area (Å²) in [4.78, 5) is 0. The highest BCUT2D eigenvalue weighted by Crippen LogP contribution is 1.90. The third-order valence-electron chi connectivity index (χ3n) is 0.779. The molecule has 0 saturated carbocycles. The molecule has 0 aliphatic carbocycles. The first kappa shape index (κ1) is 4.05. The van der Waals surface area contributed by atoms with Gasteiger partial charge in [0.05, 0.1) is 0 Å². The monoisotopic (exact) mass is 87.1 g/mol. The Hall–Kier alpha value is -0.120. The van der Waals surface area contributed by atoms with Crippen LogP contribution in [0.3, 0.4) is 0 Å². The minimum absolute atomic E-state index is 0.708. The topological polar surface area (TPSA) is 37.6 Å². The maximum atomic E-state index is 8.40. The molecule has 1 saturated heterocycles. The third-order valence-corrected chi connectivity index (χ3v) is 0.779. The molecule has 0 atom stereocenters. The average molecular weight is 87.1 g/mol. The highest BCUT2D eigenvalue weighted by atomic mass is 16.5. The lowest BCUT2D eigenvalue weighted by atomic mass is 10.5. The summed E-state index contributed by atoms with van der Waals surface area (Å²) in [6.07, 6.45) is 0.997. The zero-order chi connectivity index (χ0) is 4.41. The molecule has 1 aliphatic heterocycles. The first-order chi connectivity index (χ1) is 2.89. The van der Waals surface area contributed by atoms with Crippen molar-refractivity contribution in [1.29, 1.82) is 0 Å². The highest BCUT2D eigenvalue weighted by Gasteiger charge is 2.06. The van der Waals surface area contributed by atoms with Crippen molar-refractivity contribution in [2.24, 2.45) is 0 Å². The fourth-order valence-corrected chi connectivity index (χ4v) is 0.469. The van der Waals surface area contributed by atoms with Crippen molar-refractivity contribution in [2.45, 2.75) is 6.42 Å². The van der Waals surface area contributed by atoms with Gasteiger partial charge >= 0.3 is 0 Å². The van der Waals surface area contributed by atoms with E-state index in [0.717, 1.165) is 18.1 Å². The normalized spacial score (nSPS) is 25.5. The second-order valence-corrected chi connectivity index (χ2v) is 1.31. The van der Waals surface area contributed by atoms with E-state index in [-0.39, 0.29) is 0 Å². The molecule has 1 heterocycles. The first-order valence-electron chi connectivity index (χ1n) is 2.03. The van der Waals surface area contributed by atoms with Gasteiger partial charge in [-0.25, -0.2) is 0 Å². The maximum Gasteiger partial charge on any atom is 0.0429 e. The van der Waals surface area contributed by atoms with Crippen LogP contribution in [-0.2, 0) is 0 Å². The van der Waals surface area contributed by atoms with E-state index in [9.17, 15) is 0 Å². The van der Waals surface area contributed by atoms with Crippen LogP contribution in [0, 0.1) is 0 Å². The minimum Gasteiger partial charge on any atom is -0.298 e. The molecule has 1 aliphatic rings. The predicted octanol–water partition coefficient (Wildman–Crippen LogP) is -0.399. The van der Waals surface area contributed by atoms with Gasteiger partial charge in [0.15, 0.2) is 0 Å². The molecule has 0 amide bonds. The van der Waals surface area contributed by atoms with Crippen molar-refractivity contribution in [3.8, 4) is 0 Å². The largest absolute Gasteiger partial charge is 0.298 e. The fourth-order valence-electron chi connectivity index (χ4n) is 0.469. The molecule has 0 unspecified atom stereocenters. The molecule has 0 aromatic rings. The lowest BCUT2D eigenvalue weighted by molar-refractivity contribution is -0.115. The van der Waals surface area contributed by atoms with Gasteiger partial charge in [0.25, 0.3) is 0 Å². The van der Waals surface area contributed by atoms with Crippen LogP contribution in [0.1, 0.15) is 6.42 Å². The van der Waals surface area contributed by atoms with Gasteiger partial charge in [0.1, 0.15) is 0 Å². The first-order valence-corrected chi connectivity index (χ1v) is 2.03. The lowest BCUT2D eigenvalue weighted by Crippen LogP contribution is -2.19. The molecular formula is C3H7N2O. The molecule has 1 fully saturated rings. The summed E-state index contributed by atoms with van der Waals surface area (Å²) in [6, 6.07) is 0. The molecule has 1 N–H and O–H groups in total. The Kier molecular flexibility index (Phi) is 1.05. The Morgan fingerprint density at radius 1 is 1.67 bits per heavy atom. The third kappa shape index (κ3) is 0.680. The van der Waals surface area contributed by atoms with Crippen molar-refractivity contribution >= 4 is 0 Å². The van der Waals surface area contributed by atoms with E-state index in [4.69, 9.17) is 5.21 Å². The SMILES string of the molecule is ON1CCC[N]1. The fraction of sp³-hybridized carbons (Fsp3) is 1.00. The van der Waals surface area contributed by atoms with Crippen LogP contribution in [0.4, 0.5) is 0 Å². The van der Waals surface area contributed by atoms with Gasteiger partial charge in [-0.05, 0) is 6.42 Å². The summed E-state index contributed by atoms with van der Waals surface area (Å²) < 4.78 is 0. The van der Waals surface area contributed by atoms with Crippen LogP contribution >= 0.6 is 0 Å². The molecule has 3 nitrogen and oxygen atoms in total. The van der Waals surface area contributed by atoms with Crippen LogP contribution in [0.5, 0.6) is 0 Å². The minimum atomic E-state index is 0.708. The van der Waals surface area contributed by atoms with Gasteiger partial charge in [-0.3, -0.25) is 5.21 Å². The van der Waals surface area contributed by atoms with Crippen molar-refractivity contribution in [3.63, 3.8) is 0 Å². The summed E-state index contributed by atoms with van der Waals surface area (Å²) in [6.45, 7) is 1.50. The van der Waals surface area contributed by atoms with Gasteiger partial charge in [-0.15, -0.1) is 10.6 Å². The predicted molar refractivity (Wildman–Crippen MR) is 20.1 cm³/mol. The van der Waals surface area contributed by atoms with Crippen molar-refractivity contribution in [1.82, 2.24) is 10.6 Å². The van der Waals surface area contributed by atoms with Crippen molar-refractivity contribution in [3.05, 3.63) is 0 Å². The standard InChI is InChI=1S/C3H7N2O/c6-5-3-1-2-4-5/h6H,1-3H2. The second-order valence-electron chi connectivity index (χ2n) is 1.31. The number of hydrogen-bond acceptors (Lipinski definition) is 2. The Labute approximate surface area is 36.5 Å². The Morgan fingerprint density at radius 2 is 2.50 bits per heavy atom. The van der Waals surface area contributed by atoms with Crippen LogP contribution in [0.25, 0.3) is 0 Å². The van der Waals surface area contributed by atoms with E-state index in [2.05, 4.69) is 5.43 Å². The maximum absolute atomic E-state index is 8.40. The van der Waals surface area contributed by atoms with Gasteiger partial charge < -0.3 is 0 Å². The van der Waals surface area contributed by atoms with Crippen LogP contribution in [-0.4, -0.2) is 23.5 Å². The second kappa shape index (κ2) is 1.55. The summed E-state index contributed by atoms with van der Waals surface area (Å²) in [5, 5.41) is 9.38. The van der Waals surface area contributed by atoms with E-state index < -0.39 is 0 Å². The van der Waals surface area contributed by atoms with Crippen LogP contribution < -0.4 is 5.43 Å². The van der Waals surface area contributed by atoms with Crippen molar-refractivity contribution in [2.75, 3.05) is 13.1 Å². The molecular weight excluding hydrogens is 80.0 g/mol. The molecule has 3 heteroatoms. The number of hydroxylamine groups is 1. The molecule has 0 bridgehead atoms. The summed E-state index contributed by atoms with van der Waals surface area (Å²) >= 11 is 0. The summed E-state index contributed by atoms with van der Waals surface area (Å²) in [5.41, 5.74) is 3.62. The molecule has 0 aromatic carbocycles. The quantitative estimate of drug-likeness (QED) is 0.436. The Morgan fingerprint density at radius 3 is 2.67 bits per heavy atom. The molecule has 1 rings (SSSR count). The van der Waals surface area contributed by atoms with Crippen LogP contribution in [0.2, 0.25) is 0 Å². The van der Waals surface area contributed by atoms with Gasteiger partial charge in [0.2, 0.25) is 0 Å². The molecule has 35 valence electrons. The number of hydrogen-bond donors (Lipinski definition) is 1. The van der Waals surface area contributed by atoms with E-state index in [1.807, 2.05) is 0 Å². The van der Waals surface area contributed by atoms with E-state index >= 15 is 0 Å². The zero-order valence-electron chi connectivity index (χ0n) is 3.46. The summed E-state index contributed by atoms with van der Waals surface area (Å²) in [7, 11) is 0. The zero-order valence-corrected chi connectivity index (χ0v) is 3.46. The van der Waals surface area contributed by atoms with E-state index in [1.54, 1.807) is 0 Å². The molecule has 0 aromatic heterocycles. The Balaban J connectivity index is 2.18. The number of rotatable bonds is 0. The summed E-state index contributed by atoms with van der Waals surface area (Å²) in [5.74, 6) is 0. The lowest BCUT2D eigenvalue weighted by Gasteiger charge is -1.97. The average Bonchev–Trinajstić information content (AvgIpc) is 1.86. The van der Waals surface area contributed by atoms with Gasteiger partial charge in [0, 0.05) is 13.1 Å². The van der Waals surface area contributed by atoms with Gasteiger partial charge in [-0.1, -0.05) is 0 Å². The molecule has 6 heavy (non-hydrogen) atoms. The molecule has 0 spiro atoms. The van der Waals surface area contributed by atoms with Crippen LogP contribution in [0.15, 0.2) is 0 Å². The molecule has 1 radical (unpaired) electrons. The van der Waals surface area contributed by atoms with E-state index in [0.29, 0.717) is 6.54 Å². The van der Waals surface area contributed by atoms with Crippen molar-refractivity contribution < 1.29 is 5.21 Å². The Bertz CT molecular complexity index is 42.1. The highest BCUT2D eigenvalue weighted by molar-refractivity contribution is 4.49. The van der Waals surface area contributed by atoms with Gasteiger partial charge in [-0.2, -0.15) is 0 Å².